The molecule has 0 amide bonds. The number of sulfonamides is 1. The molecule has 0 unspecified atom stereocenters. The van der Waals surface area contributed by atoms with Gasteiger partial charge in [0.2, 0.25) is 16.0 Å². The van der Waals surface area contributed by atoms with E-state index in [0.29, 0.717) is 28.7 Å². The van der Waals surface area contributed by atoms with Crippen molar-refractivity contribution in [3.63, 3.8) is 0 Å². The van der Waals surface area contributed by atoms with E-state index in [9.17, 15) is 8.42 Å². The standard InChI is InChI=1S/C26H32N8O5S/c1-6-39-23(24-27-14-16(2)15-28-24)17(3)40(35,36)32-26-30-29-25(19-13-18-9-8-12-33(18)31-19)34(26)22-20(37-4)10-7-11-21(22)38-5/h7,10-11,13-15,17,23H,6,8-9,12H2,1-5H3,(H,30,32)/t17-,23-/m0/s1. The number of hydrogen-bond acceptors (Lipinski definition) is 10. The fourth-order valence-electron chi connectivity index (χ4n) is 4.68. The van der Waals surface area contributed by atoms with Gasteiger partial charge in [-0.2, -0.15) is 5.10 Å². The molecule has 0 fully saturated rings. The highest BCUT2D eigenvalue weighted by atomic mass is 32.2. The Morgan fingerprint density at radius 3 is 2.42 bits per heavy atom. The summed E-state index contributed by atoms with van der Waals surface area (Å²) in [6.45, 7) is 6.25. The Kier molecular flexibility index (Phi) is 7.72. The third kappa shape index (κ3) is 5.11. The third-order valence-electron chi connectivity index (χ3n) is 6.73. The van der Waals surface area contributed by atoms with Crippen LogP contribution in [0.25, 0.3) is 17.2 Å². The number of ether oxygens (including phenoxy) is 3. The Balaban J connectivity index is 1.60. The Morgan fingerprint density at radius 2 is 1.80 bits per heavy atom. The average molecular weight is 569 g/mol. The van der Waals surface area contributed by atoms with Crippen LogP contribution in [-0.4, -0.2) is 69.0 Å². The van der Waals surface area contributed by atoms with Crippen molar-refractivity contribution in [3.05, 3.63) is 53.7 Å². The van der Waals surface area contributed by atoms with Crippen LogP contribution in [0.2, 0.25) is 0 Å². The molecule has 40 heavy (non-hydrogen) atoms. The van der Waals surface area contributed by atoms with Crippen LogP contribution in [0, 0.1) is 6.92 Å². The molecular formula is C26H32N8O5S. The zero-order chi connectivity index (χ0) is 28.4. The number of rotatable bonds is 11. The van der Waals surface area contributed by atoms with Gasteiger partial charge in [-0.15, -0.1) is 10.2 Å². The zero-order valence-electron chi connectivity index (χ0n) is 23.0. The largest absolute Gasteiger partial charge is 0.494 e. The maximum Gasteiger partial charge on any atom is 0.243 e. The fraction of sp³-hybridized carbons (Fsp3) is 0.423. The van der Waals surface area contributed by atoms with Gasteiger partial charge in [-0.25, -0.2) is 18.4 Å². The summed E-state index contributed by atoms with van der Waals surface area (Å²) in [7, 11) is -1.07. The molecule has 0 saturated carbocycles. The Labute approximate surface area is 232 Å². The number of aryl methyl sites for hydroxylation is 3. The lowest BCUT2D eigenvalue weighted by atomic mass is 10.2. The summed E-state index contributed by atoms with van der Waals surface area (Å²) >= 11 is 0. The van der Waals surface area contributed by atoms with Crippen LogP contribution < -0.4 is 14.2 Å². The Hall–Kier alpha value is -4.04. The fourth-order valence-corrected chi connectivity index (χ4v) is 5.78. The van der Waals surface area contributed by atoms with Crippen LogP contribution in [0.3, 0.4) is 0 Å². The predicted octanol–water partition coefficient (Wildman–Crippen LogP) is 3.10. The van der Waals surface area contributed by atoms with Crippen molar-refractivity contribution in [1.82, 2.24) is 34.5 Å². The van der Waals surface area contributed by atoms with Crippen LogP contribution >= 0.6 is 0 Å². The second kappa shape index (κ2) is 11.2. The van der Waals surface area contributed by atoms with Gasteiger partial charge in [0.05, 0.1) is 14.2 Å². The molecule has 0 saturated heterocycles. The Bertz CT molecular complexity index is 1560. The lowest BCUT2D eigenvalue weighted by molar-refractivity contribution is 0.0557. The van der Waals surface area contributed by atoms with Crippen molar-refractivity contribution in [2.45, 2.75) is 51.5 Å². The van der Waals surface area contributed by atoms with Crippen molar-refractivity contribution >= 4 is 16.0 Å². The molecule has 4 aromatic rings. The molecule has 5 rings (SSSR count). The smallest absolute Gasteiger partial charge is 0.243 e. The first kappa shape index (κ1) is 27.5. The molecule has 1 aliphatic rings. The molecule has 2 atom stereocenters. The molecule has 1 aliphatic heterocycles. The van der Waals surface area contributed by atoms with Gasteiger partial charge in [-0.1, -0.05) is 6.07 Å². The minimum absolute atomic E-state index is 0.0575. The molecule has 212 valence electrons. The summed E-state index contributed by atoms with van der Waals surface area (Å²) in [6.07, 6.45) is 4.25. The molecule has 0 radical (unpaired) electrons. The first-order valence-electron chi connectivity index (χ1n) is 12.9. The van der Waals surface area contributed by atoms with E-state index in [-0.39, 0.29) is 18.4 Å². The Morgan fingerprint density at radius 1 is 1.10 bits per heavy atom. The van der Waals surface area contributed by atoms with E-state index >= 15 is 0 Å². The summed E-state index contributed by atoms with van der Waals surface area (Å²) in [5.74, 6) is 1.41. The summed E-state index contributed by atoms with van der Waals surface area (Å²) in [4.78, 5) is 8.62. The first-order valence-corrected chi connectivity index (χ1v) is 14.5. The van der Waals surface area contributed by atoms with Crippen molar-refractivity contribution in [1.29, 1.82) is 0 Å². The number of hydrogen-bond donors (Lipinski definition) is 1. The highest BCUT2D eigenvalue weighted by molar-refractivity contribution is 7.93. The van der Waals surface area contributed by atoms with Gasteiger partial charge in [-0.3, -0.25) is 14.0 Å². The van der Waals surface area contributed by atoms with Crippen LogP contribution in [-0.2, 0) is 27.7 Å². The first-order chi connectivity index (χ1) is 19.3. The quantitative estimate of drug-likeness (QED) is 0.286. The number of anilines is 1. The molecule has 1 aromatic carbocycles. The van der Waals surface area contributed by atoms with Gasteiger partial charge in [0.15, 0.2) is 11.6 Å². The molecule has 13 nitrogen and oxygen atoms in total. The number of para-hydroxylation sites is 1. The molecule has 4 heterocycles. The van der Waals surface area contributed by atoms with Gasteiger partial charge in [0.25, 0.3) is 0 Å². The third-order valence-corrected chi connectivity index (χ3v) is 8.43. The molecule has 14 heteroatoms. The van der Waals surface area contributed by atoms with Gasteiger partial charge in [0.1, 0.15) is 34.2 Å². The van der Waals surface area contributed by atoms with Crippen molar-refractivity contribution < 1.29 is 22.6 Å². The van der Waals surface area contributed by atoms with Gasteiger partial charge in [0, 0.05) is 31.2 Å². The number of benzene rings is 1. The van der Waals surface area contributed by atoms with Crippen LogP contribution in [0.5, 0.6) is 11.5 Å². The number of methoxy groups -OCH3 is 2. The molecule has 0 bridgehead atoms. The second-order valence-corrected chi connectivity index (χ2v) is 11.4. The van der Waals surface area contributed by atoms with E-state index in [1.807, 2.05) is 17.7 Å². The monoisotopic (exact) mass is 568 g/mol. The lowest BCUT2D eigenvalue weighted by Crippen LogP contribution is -2.34. The van der Waals surface area contributed by atoms with E-state index in [0.717, 1.165) is 30.6 Å². The van der Waals surface area contributed by atoms with Crippen molar-refractivity contribution in [3.8, 4) is 28.7 Å². The van der Waals surface area contributed by atoms with Crippen LogP contribution in [0.1, 0.15) is 43.5 Å². The number of nitrogens with zero attached hydrogens (tertiary/aromatic N) is 7. The summed E-state index contributed by atoms with van der Waals surface area (Å²) in [6, 6.07) is 7.21. The molecule has 0 spiro atoms. The van der Waals surface area contributed by atoms with Crippen molar-refractivity contribution in [2.24, 2.45) is 0 Å². The van der Waals surface area contributed by atoms with Crippen LogP contribution in [0.15, 0.2) is 36.7 Å². The normalized spacial score (nSPS) is 14.5. The molecule has 0 aliphatic carbocycles. The topological polar surface area (TPSA) is 148 Å². The summed E-state index contributed by atoms with van der Waals surface area (Å²) < 4.78 is 50.8. The number of aromatic nitrogens is 7. The number of nitrogens with one attached hydrogen (secondary N) is 1. The maximum atomic E-state index is 13.8. The highest BCUT2D eigenvalue weighted by Gasteiger charge is 2.35. The number of fused-ring (bicyclic) bond motifs is 1. The molecule has 3 aromatic heterocycles. The molecular weight excluding hydrogens is 536 g/mol. The van der Waals surface area contributed by atoms with Gasteiger partial charge < -0.3 is 14.2 Å². The van der Waals surface area contributed by atoms with Gasteiger partial charge >= 0.3 is 0 Å². The minimum Gasteiger partial charge on any atom is -0.494 e. The van der Waals surface area contributed by atoms with Gasteiger partial charge in [-0.05, 0) is 57.4 Å². The van der Waals surface area contributed by atoms with E-state index in [1.165, 1.54) is 21.1 Å². The van der Waals surface area contributed by atoms with E-state index < -0.39 is 21.4 Å². The van der Waals surface area contributed by atoms with E-state index in [2.05, 4.69) is 24.9 Å². The second-order valence-electron chi connectivity index (χ2n) is 9.39. The van der Waals surface area contributed by atoms with Crippen LogP contribution in [0.4, 0.5) is 5.95 Å². The molecule has 1 N–H and O–H groups in total. The summed E-state index contributed by atoms with van der Waals surface area (Å²) in [5.41, 5.74) is 2.90. The SMILES string of the molecule is CCO[C@H](c1ncc(C)cn1)[C@H](C)S(=O)(=O)Nc1nnc(-c2cc3n(n2)CCC3)n1-c1c(OC)cccc1OC. The summed E-state index contributed by atoms with van der Waals surface area (Å²) in [5, 5.41) is 12.2. The minimum atomic E-state index is -4.11. The van der Waals surface area contributed by atoms with E-state index in [4.69, 9.17) is 19.3 Å². The maximum absolute atomic E-state index is 13.8. The predicted molar refractivity (Wildman–Crippen MR) is 147 cm³/mol. The lowest BCUT2D eigenvalue weighted by Gasteiger charge is -2.23. The highest BCUT2D eigenvalue weighted by Crippen LogP contribution is 2.38. The van der Waals surface area contributed by atoms with E-state index in [1.54, 1.807) is 42.1 Å². The zero-order valence-corrected chi connectivity index (χ0v) is 23.8. The van der Waals surface area contributed by atoms with Crippen molar-refractivity contribution in [2.75, 3.05) is 25.5 Å². The average Bonchev–Trinajstić information content (AvgIpc) is 3.66.